The molecule has 27 heavy (non-hydrogen) atoms. The van der Waals surface area contributed by atoms with E-state index in [4.69, 9.17) is 11.6 Å². The highest BCUT2D eigenvalue weighted by Gasteiger charge is 2.29. The molecule has 150 valence electrons. The quantitative estimate of drug-likeness (QED) is 0.665. The van der Waals surface area contributed by atoms with Crippen LogP contribution in [0.2, 0.25) is 5.02 Å². The van der Waals surface area contributed by atoms with E-state index in [9.17, 15) is 9.59 Å². The maximum absolute atomic E-state index is 12.5. The number of rotatable bonds is 7. The fourth-order valence-corrected chi connectivity index (χ4v) is 3.91. The highest BCUT2D eigenvalue weighted by Crippen LogP contribution is 2.29. The molecule has 1 aromatic rings. The van der Waals surface area contributed by atoms with Gasteiger partial charge in [-0.05, 0) is 49.8 Å². The van der Waals surface area contributed by atoms with Crippen LogP contribution in [0.25, 0.3) is 0 Å². The van der Waals surface area contributed by atoms with Crippen molar-refractivity contribution < 1.29 is 14.5 Å². The molecular formula is C21H33ClN3O2+. The van der Waals surface area contributed by atoms with E-state index in [1.807, 2.05) is 19.9 Å². The van der Waals surface area contributed by atoms with Crippen LogP contribution >= 0.6 is 11.6 Å². The molecule has 2 rings (SSSR count). The van der Waals surface area contributed by atoms with Crippen LogP contribution in [0.1, 0.15) is 45.6 Å². The van der Waals surface area contributed by atoms with Crippen LogP contribution in [0.5, 0.6) is 0 Å². The van der Waals surface area contributed by atoms with Gasteiger partial charge in [0.05, 0.1) is 6.54 Å². The average Bonchev–Trinajstić information content (AvgIpc) is 2.61. The molecular weight excluding hydrogens is 362 g/mol. The zero-order valence-corrected chi connectivity index (χ0v) is 17.7. The number of carbonyl (C=O) groups is 2. The first-order valence-electron chi connectivity index (χ1n) is 9.99. The maximum atomic E-state index is 12.5. The van der Waals surface area contributed by atoms with Crippen molar-refractivity contribution in [3.63, 3.8) is 0 Å². The summed E-state index contributed by atoms with van der Waals surface area (Å²) in [5.41, 5.74) is 1.68. The third kappa shape index (κ3) is 6.51. The number of likely N-dealkylation sites (N-methyl/N-ethyl adjacent to an activating group) is 1. The number of anilines is 1. The van der Waals surface area contributed by atoms with Gasteiger partial charge in [-0.25, -0.2) is 0 Å². The predicted molar refractivity (Wildman–Crippen MR) is 110 cm³/mol. The van der Waals surface area contributed by atoms with Gasteiger partial charge in [0, 0.05) is 16.8 Å². The van der Waals surface area contributed by atoms with Crippen LogP contribution in [0.4, 0.5) is 5.69 Å². The predicted octanol–water partition coefficient (Wildman–Crippen LogP) is 2.43. The van der Waals surface area contributed by atoms with Crippen LogP contribution in [0.15, 0.2) is 18.2 Å². The van der Waals surface area contributed by atoms with Gasteiger partial charge in [0.2, 0.25) is 0 Å². The summed E-state index contributed by atoms with van der Waals surface area (Å²) in [6.07, 6.45) is 3.46. The Bertz CT molecular complexity index is 665. The fraction of sp³-hybridized carbons (Fsp3) is 0.619. The van der Waals surface area contributed by atoms with E-state index in [2.05, 4.69) is 24.5 Å². The molecule has 4 atom stereocenters. The molecule has 2 amide bonds. The third-order valence-electron chi connectivity index (χ3n) is 5.85. The van der Waals surface area contributed by atoms with Gasteiger partial charge in [-0.1, -0.05) is 44.4 Å². The number of quaternary nitrogens is 1. The standard InChI is InChI=1S/C21H32ClN3O2/c1-5-25(12-20(26)23-18-8-6-7-14(2)16(18)4)13-21(27)24-19-11-17(22)10-9-15(19)3/h9-11,14,16,18H,5-8,12-13H2,1-4H3,(H,23,26)(H,24,27)/p+1/t14-,16-,18-/m0/s1. The number of amides is 2. The fourth-order valence-electron chi connectivity index (χ4n) is 3.73. The Hall–Kier alpha value is -1.59. The summed E-state index contributed by atoms with van der Waals surface area (Å²) in [5.74, 6) is 1.07. The smallest absolute Gasteiger partial charge is 0.279 e. The maximum Gasteiger partial charge on any atom is 0.279 e. The molecule has 1 aromatic carbocycles. The lowest BCUT2D eigenvalue weighted by molar-refractivity contribution is -0.881. The molecule has 5 nitrogen and oxygen atoms in total. The molecule has 1 fully saturated rings. The Balaban J connectivity index is 1.86. The summed E-state index contributed by atoms with van der Waals surface area (Å²) in [7, 11) is 0. The van der Waals surface area contributed by atoms with Crippen molar-refractivity contribution in [2.45, 2.75) is 53.0 Å². The first-order chi connectivity index (χ1) is 12.8. The molecule has 1 unspecified atom stereocenters. The van der Waals surface area contributed by atoms with Crippen LogP contribution in [0.3, 0.4) is 0 Å². The van der Waals surface area contributed by atoms with Gasteiger partial charge in [0.25, 0.3) is 11.8 Å². The van der Waals surface area contributed by atoms with E-state index in [1.54, 1.807) is 12.1 Å². The van der Waals surface area contributed by atoms with Crippen molar-refractivity contribution in [1.29, 1.82) is 0 Å². The molecule has 0 bridgehead atoms. The summed E-state index contributed by atoms with van der Waals surface area (Å²) in [4.78, 5) is 25.8. The summed E-state index contributed by atoms with van der Waals surface area (Å²) in [6, 6.07) is 5.68. The molecule has 1 aliphatic carbocycles. The van der Waals surface area contributed by atoms with Crippen molar-refractivity contribution in [2.24, 2.45) is 11.8 Å². The highest BCUT2D eigenvalue weighted by atomic mass is 35.5. The summed E-state index contributed by atoms with van der Waals surface area (Å²) < 4.78 is 0. The lowest BCUT2D eigenvalue weighted by Crippen LogP contribution is -3.14. The van der Waals surface area contributed by atoms with Crippen molar-refractivity contribution in [1.82, 2.24) is 5.32 Å². The van der Waals surface area contributed by atoms with E-state index in [-0.39, 0.29) is 24.4 Å². The molecule has 0 heterocycles. The summed E-state index contributed by atoms with van der Waals surface area (Å²) in [5, 5.41) is 6.69. The third-order valence-corrected chi connectivity index (χ3v) is 6.08. The first kappa shape index (κ1) is 21.7. The van der Waals surface area contributed by atoms with E-state index in [1.165, 1.54) is 12.8 Å². The Kier molecular flexibility index (Phi) is 8.11. The largest absolute Gasteiger partial charge is 0.348 e. The van der Waals surface area contributed by atoms with E-state index in [0.717, 1.165) is 22.6 Å². The number of aryl methyl sites for hydroxylation is 1. The van der Waals surface area contributed by atoms with Gasteiger partial charge >= 0.3 is 0 Å². The lowest BCUT2D eigenvalue weighted by atomic mass is 9.78. The SMILES string of the molecule is CC[NH+](CC(=O)Nc1cc(Cl)ccc1C)CC(=O)N[C@H]1CCC[C@H](C)[C@@H]1C. The van der Waals surface area contributed by atoms with Crippen molar-refractivity contribution >= 4 is 29.1 Å². The topological polar surface area (TPSA) is 62.6 Å². The second kappa shape index (κ2) is 10.1. The van der Waals surface area contributed by atoms with Gasteiger partial charge in [0.15, 0.2) is 13.1 Å². The summed E-state index contributed by atoms with van der Waals surface area (Å²) >= 11 is 6.01. The van der Waals surface area contributed by atoms with E-state index in [0.29, 0.717) is 29.9 Å². The zero-order chi connectivity index (χ0) is 20.0. The minimum Gasteiger partial charge on any atom is -0.348 e. The second-order valence-electron chi connectivity index (χ2n) is 7.91. The van der Waals surface area contributed by atoms with Gasteiger partial charge < -0.3 is 15.5 Å². The Labute approximate surface area is 167 Å². The molecule has 0 aliphatic heterocycles. The molecule has 0 radical (unpaired) electrons. The summed E-state index contributed by atoms with van der Waals surface area (Å²) in [6.45, 7) is 9.69. The van der Waals surface area contributed by atoms with Crippen molar-refractivity contribution in [3.8, 4) is 0 Å². The number of carbonyl (C=O) groups excluding carboxylic acids is 2. The molecule has 0 spiro atoms. The number of nitrogens with one attached hydrogen (secondary N) is 3. The second-order valence-corrected chi connectivity index (χ2v) is 8.34. The first-order valence-corrected chi connectivity index (χ1v) is 10.4. The monoisotopic (exact) mass is 394 g/mol. The number of benzene rings is 1. The van der Waals surface area contributed by atoms with E-state index >= 15 is 0 Å². The van der Waals surface area contributed by atoms with Crippen LogP contribution in [-0.4, -0.2) is 37.5 Å². The number of hydrogen-bond acceptors (Lipinski definition) is 2. The molecule has 0 saturated heterocycles. The van der Waals surface area contributed by atoms with Crippen molar-refractivity contribution in [3.05, 3.63) is 28.8 Å². The van der Waals surface area contributed by atoms with Gasteiger partial charge in [-0.15, -0.1) is 0 Å². The van der Waals surface area contributed by atoms with Gasteiger partial charge in [-0.3, -0.25) is 9.59 Å². The lowest BCUT2D eigenvalue weighted by Gasteiger charge is -2.34. The van der Waals surface area contributed by atoms with Gasteiger partial charge in [0.1, 0.15) is 0 Å². The molecule has 1 saturated carbocycles. The highest BCUT2D eigenvalue weighted by molar-refractivity contribution is 6.31. The zero-order valence-electron chi connectivity index (χ0n) is 16.9. The van der Waals surface area contributed by atoms with Gasteiger partial charge in [-0.2, -0.15) is 0 Å². The van der Waals surface area contributed by atoms with Crippen LogP contribution < -0.4 is 15.5 Å². The Morgan fingerprint density at radius 2 is 1.89 bits per heavy atom. The number of hydrogen-bond donors (Lipinski definition) is 3. The molecule has 3 N–H and O–H groups in total. The normalized spacial score (nSPS) is 23.5. The molecule has 6 heteroatoms. The minimum atomic E-state index is -0.107. The Morgan fingerprint density at radius 1 is 1.19 bits per heavy atom. The number of halogens is 1. The van der Waals surface area contributed by atoms with Crippen molar-refractivity contribution in [2.75, 3.05) is 25.0 Å². The molecule has 1 aliphatic rings. The Morgan fingerprint density at radius 3 is 2.59 bits per heavy atom. The minimum absolute atomic E-state index is 0.0320. The van der Waals surface area contributed by atoms with Crippen LogP contribution in [0, 0.1) is 18.8 Å². The molecule has 0 aromatic heterocycles. The average molecular weight is 395 g/mol. The van der Waals surface area contributed by atoms with Crippen LogP contribution in [-0.2, 0) is 9.59 Å². The van der Waals surface area contributed by atoms with E-state index < -0.39 is 0 Å².